The van der Waals surface area contributed by atoms with E-state index in [4.69, 9.17) is 0 Å². The van der Waals surface area contributed by atoms with Crippen LogP contribution in [0.3, 0.4) is 0 Å². The number of rotatable bonds is 7. The van der Waals surface area contributed by atoms with E-state index in [0.29, 0.717) is 18.8 Å². The number of hydrogen-bond donors (Lipinski definition) is 0. The lowest BCUT2D eigenvalue weighted by molar-refractivity contribution is 0.0466. The second-order valence-electron chi connectivity index (χ2n) is 6.74. The Labute approximate surface area is 147 Å². The molecule has 0 radical (unpaired) electrons. The van der Waals surface area contributed by atoms with Gasteiger partial charge in [-0.25, -0.2) is 22.0 Å². The predicted molar refractivity (Wildman–Crippen MR) is 81.9 cm³/mol. The van der Waals surface area contributed by atoms with Crippen LogP contribution in [-0.2, 0) is 0 Å². The maximum Gasteiger partial charge on any atom is 0.206 e. The molecule has 0 bridgehead atoms. The van der Waals surface area contributed by atoms with Crippen molar-refractivity contribution in [1.82, 2.24) is 0 Å². The number of ether oxygens (including phenoxy) is 1. The maximum absolute atomic E-state index is 14.3. The van der Waals surface area contributed by atoms with Crippen molar-refractivity contribution in [3.05, 3.63) is 29.1 Å². The van der Waals surface area contributed by atoms with Gasteiger partial charge in [-0.1, -0.05) is 32.6 Å². The summed E-state index contributed by atoms with van der Waals surface area (Å²) in [4.78, 5) is 0. The highest BCUT2D eigenvalue weighted by Crippen LogP contribution is 2.36. The van der Waals surface area contributed by atoms with Gasteiger partial charge in [0.25, 0.3) is 0 Å². The molecule has 2 atom stereocenters. The van der Waals surface area contributed by atoms with E-state index in [1.54, 1.807) is 0 Å². The molecule has 1 aliphatic rings. The number of alkyl halides is 2. The maximum atomic E-state index is 14.3. The van der Waals surface area contributed by atoms with Crippen molar-refractivity contribution >= 4 is 0 Å². The minimum Gasteiger partial charge on any atom is -0.484 e. The number of benzene rings is 1. The van der Waals surface area contributed by atoms with Crippen molar-refractivity contribution in [2.45, 2.75) is 57.8 Å². The second kappa shape index (κ2) is 8.95. The zero-order chi connectivity index (χ0) is 19.4. The molecule has 1 aliphatic carbocycles. The zero-order valence-corrected chi connectivity index (χ0v) is 14.3. The monoisotopic (exact) mass is 386 g/mol. The van der Waals surface area contributed by atoms with E-state index >= 15 is 0 Å². The van der Waals surface area contributed by atoms with Crippen molar-refractivity contribution in [2.75, 3.05) is 6.61 Å². The van der Waals surface area contributed by atoms with Crippen LogP contribution in [0.15, 0.2) is 0 Å². The van der Waals surface area contributed by atoms with E-state index in [-0.39, 0.29) is 0 Å². The highest BCUT2D eigenvalue weighted by molar-refractivity contribution is 5.29. The van der Waals surface area contributed by atoms with Gasteiger partial charge in [-0.05, 0) is 24.7 Å². The second-order valence-corrected chi connectivity index (χ2v) is 6.74. The SMILES string of the molecule is CCCC1CCC([C@@H](F)[C@H](F)COc2c(F)c(F)c(F)c(F)c2F)CC1. The van der Waals surface area contributed by atoms with Crippen LogP contribution in [0.25, 0.3) is 0 Å². The van der Waals surface area contributed by atoms with Crippen LogP contribution in [0.4, 0.5) is 30.7 Å². The van der Waals surface area contributed by atoms with Crippen LogP contribution in [0.2, 0.25) is 0 Å². The van der Waals surface area contributed by atoms with Gasteiger partial charge in [0.15, 0.2) is 11.9 Å². The lowest BCUT2D eigenvalue weighted by Gasteiger charge is -2.31. The Hall–Kier alpha value is -1.47. The molecule has 0 unspecified atom stereocenters. The molecule has 0 N–H and O–H groups in total. The van der Waals surface area contributed by atoms with Crippen LogP contribution in [0.1, 0.15) is 45.4 Å². The molecule has 2 rings (SSSR count). The predicted octanol–water partition coefficient (Wildman–Crippen LogP) is 6.04. The van der Waals surface area contributed by atoms with Gasteiger partial charge in [0.1, 0.15) is 12.8 Å². The summed E-state index contributed by atoms with van der Waals surface area (Å²) in [7, 11) is 0. The molecular weight excluding hydrogens is 365 g/mol. The fourth-order valence-corrected chi connectivity index (χ4v) is 3.47. The molecule has 0 amide bonds. The Bertz CT molecular complexity index is 585. The van der Waals surface area contributed by atoms with Crippen molar-refractivity contribution in [1.29, 1.82) is 0 Å². The van der Waals surface area contributed by atoms with Gasteiger partial charge in [0.05, 0.1) is 0 Å². The summed E-state index contributed by atoms with van der Waals surface area (Å²) in [5.74, 6) is -12.8. The Morgan fingerprint density at radius 2 is 1.35 bits per heavy atom. The summed E-state index contributed by atoms with van der Waals surface area (Å²) >= 11 is 0. The topological polar surface area (TPSA) is 9.23 Å². The fourth-order valence-electron chi connectivity index (χ4n) is 3.47. The Morgan fingerprint density at radius 1 is 0.846 bits per heavy atom. The van der Waals surface area contributed by atoms with Crippen molar-refractivity contribution in [2.24, 2.45) is 11.8 Å². The van der Waals surface area contributed by atoms with E-state index in [1.807, 2.05) is 0 Å². The van der Waals surface area contributed by atoms with Gasteiger partial charge >= 0.3 is 0 Å². The number of halogens is 7. The lowest BCUT2D eigenvalue weighted by atomic mass is 9.77. The van der Waals surface area contributed by atoms with Gasteiger partial charge in [-0.3, -0.25) is 0 Å². The lowest BCUT2D eigenvalue weighted by Crippen LogP contribution is -2.34. The summed E-state index contributed by atoms with van der Waals surface area (Å²) in [5, 5.41) is 0. The Balaban J connectivity index is 1.96. The Kier molecular flexibility index (Phi) is 7.17. The van der Waals surface area contributed by atoms with E-state index in [2.05, 4.69) is 11.7 Å². The van der Waals surface area contributed by atoms with E-state index < -0.39 is 59.7 Å². The Morgan fingerprint density at radius 3 is 1.85 bits per heavy atom. The molecule has 26 heavy (non-hydrogen) atoms. The quantitative estimate of drug-likeness (QED) is 0.315. The first kappa shape index (κ1) is 20.8. The van der Waals surface area contributed by atoms with E-state index in [9.17, 15) is 30.7 Å². The van der Waals surface area contributed by atoms with Gasteiger partial charge in [-0.2, -0.15) is 8.78 Å². The molecule has 148 valence electrons. The standard InChI is InChI=1S/C18H21F7O/c1-2-3-9-4-6-10(7-5-9)12(20)11(19)8-26-18-16(24)14(22)13(21)15(23)17(18)25/h9-12H,2-8H2,1H3/t9?,10?,11-,12-/m1/s1. The third kappa shape index (κ3) is 4.43. The molecule has 0 saturated heterocycles. The van der Waals surface area contributed by atoms with Gasteiger partial charge in [-0.15, -0.1) is 0 Å². The minimum absolute atomic E-state index is 0.492. The molecule has 0 aromatic heterocycles. The molecule has 1 aromatic rings. The summed E-state index contributed by atoms with van der Waals surface area (Å²) in [6, 6.07) is 0. The van der Waals surface area contributed by atoms with Crippen LogP contribution in [0, 0.1) is 40.9 Å². The van der Waals surface area contributed by atoms with Gasteiger partial charge < -0.3 is 4.74 Å². The zero-order valence-electron chi connectivity index (χ0n) is 14.3. The highest BCUT2D eigenvalue weighted by atomic mass is 19.2. The summed E-state index contributed by atoms with van der Waals surface area (Å²) in [6.45, 7) is 0.923. The third-order valence-corrected chi connectivity index (χ3v) is 4.94. The van der Waals surface area contributed by atoms with Crippen molar-refractivity contribution in [3.8, 4) is 5.75 Å². The minimum atomic E-state index is -2.34. The van der Waals surface area contributed by atoms with E-state index in [0.717, 1.165) is 25.7 Å². The van der Waals surface area contributed by atoms with Crippen molar-refractivity contribution in [3.63, 3.8) is 0 Å². The first-order valence-corrected chi connectivity index (χ1v) is 8.70. The fraction of sp³-hybridized carbons (Fsp3) is 0.667. The molecular formula is C18H21F7O. The smallest absolute Gasteiger partial charge is 0.206 e. The molecule has 0 spiro atoms. The molecule has 0 aliphatic heterocycles. The van der Waals surface area contributed by atoms with Crippen LogP contribution in [0.5, 0.6) is 5.75 Å². The average Bonchev–Trinajstić information content (AvgIpc) is 2.65. The first-order valence-electron chi connectivity index (χ1n) is 8.70. The summed E-state index contributed by atoms with van der Waals surface area (Å²) < 4.78 is 98.7. The molecule has 1 fully saturated rings. The summed E-state index contributed by atoms with van der Waals surface area (Å²) in [6.07, 6.45) is 0.469. The average molecular weight is 386 g/mol. The normalized spacial score (nSPS) is 22.9. The van der Waals surface area contributed by atoms with Crippen LogP contribution < -0.4 is 4.74 Å². The highest BCUT2D eigenvalue weighted by Gasteiger charge is 2.34. The van der Waals surface area contributed by atoms with Crippen LogP contribution >= 0.6 is 0 Å². The summed E-state index contributed by atoms with van der Waals surface area (Å²) in [5.41, 5.74) is 0. The van der Waals surface area contributed by atoms with Gasteiger partial charge in [0.2, 0.25) is 29.1 Å². The largest absolute Gasteiger partial charge is 0.484 e. The molecule has 0 heterocycles. The molecule has 8 heteroatoms. The molecule has 1 nitrogen and oxygen atoms in total. The third-order valence-electron chi connectivity index (χ3n) is 4.94. The van der Waals surface area contributed by atoms with Crippen molar-refractivity contribution < 1.29 is 35.5 Å². The first-order chi connectivity index (χ1) is 12.3. The molecule has 1 aromatic carbocycles. The number of hydrogen-bond acceptors (Lipinski definition) is 1. The van der Waals surface area contributed by atoms with E-state index in [1.165, 1.54) is 0 Å². The van der Waals surface area contributed by atoms with Crippen LogP contribution in [-0.4, -0.2) is 19.0 Å². The van der Waals surface area contributed by atoms with Gasteiger partial charge in [0, 0.05) is 0 Å². The molecule has 1 saturated carbocycles.